The van der Waals surface area contributed by atoms with Gasteiger partial charge >= 0.3 is 0 Å². The van der Waals surface area contributed by atoms with Gasteiger partial charge in [0.05, 0.1) is 6.20 Å². The predicted octanol–water partition coefficient (Wildman–Crippen LogP) is 3.73. The lowest BCUT2D eigenvalue weighted by Gasteiger charge is -2.08. The van der Waals surface area contributed by atoms with Crippen LogP contribution in [0.4, 0.5) is 15.9 Å². The van der Waals surface area contributed by atoms with Crippen LogP contribution in [0.3, 0.4) is 0 Å². The molecule has 2 aromatic heterocycles. The SMILES string of the molecule is Nc1ccc(-c2cnn3c(NCc4ccc(F)cc4)ccnc23)cc1. The van der Waals surface area contributed by atoms with Gasteiger partial charge in [0.15, 0.2) is 5.65 Å². The van der Waals surface area contributed by atoms with E-state index in [9.17, 15) is 4.39 Å². The van der Waals surface area contributed by atoms with Crippen molar-refractivity contribution in [2.24, 2.45) is 0 Å². The highest BCUT2D eigenvalue weighted by molar-refractivity contribution is 5.78. The summed E-state index contributed by atoms with van der Waals surface area (Å²) in [4.78, 5) is 4.45. The molecule has 6 heteroatoms. The number of nitrogens with zero attached hydrogens (tertiary/aromatic N) is 3. The van der Waals surface area contributed by atoms with Gasteiger partial charge in [-0.2, -0.15) is 9.61 Å². The number of nitrogens with two attached hydrogens (primary N) is 1. The molecule has 5 nitrogen and oxygen atoms in total. The number of nitrogen functional groups attached to an aromatic ring is 1. The fraction of sp³-hybridized carbons (Fsp3) is 0.0526. The molecule has 4 rings (SSSR count). The smallest absolute Gasteiger partial charge is 0.165 e. The Morgan fingerprint density at radius 1 is 1.00 bits per heavy atom. The standard InChI is InChI=1S/C19H16FN5/c20-15-5-1-13(2-6-15)11-23-18-9-10-22-19-17(12-24-25(18)19)14-3-7-16(21)8-4-14/h1-10,12,23H,11,21H2. The summed E-state index contributed by atoms with van der Waals surface area (Å²) in [6, 6.07) is 15.9. The quantitative estimate of drug-likeness (QED) is 0.558. The number of anilines is 2. The first-order valence-corrected chi connectivity index (χ1v) is 7.88. The number of aromatic nitrogens is 3. The third kappa shape index (κ3) is 3.01. The van der Waals surface area contributed by atoms with Crippen LogP contribution in [-0.4, -0.2) is 14.6 Å². The maximum Gasteiger partial charge on any atom is 0.165 e. The van der Waals surface area contributed by atoms with E-state index in [0.29, 0.717) is 6.54 Å². The molecule has 3 N–H and O–H groups in total. The number of fused-ring (bicyclic) bond motifs is 1. The largest absolute Gasteiger partial charge is 0.399 e. The highest BCUT2D eigenvalue weighted by Crippen LogP contribution is 2.25. The van der Waals surface area contributed by atoms with Crippen molar-refractivity contribution in [2.45, 2.75) is 6.54 Å². The zero-order chi connectivity index (χ0) is 17.2. The van der Waals surface area contributed by atoms with Crippen LogP contribution < -0.4 is 11.1 Å². The Kier molecular flexibility index (Phi) is 3.78. The van der Waals surface area contributed by atoms with E-state index in [2.05, 4.69) is 15.4 Å². The zero-order valence-electron chi connectivity index (χ0n) is 13.4. The van der Waals surface area contributed by atoms with Gasteiger partial charge in [-0.3, -0.25) is 0 Å². The van der Waals surface area contributed by atoms with Crippen LogP contribution in [0, 0.1) is 5.82 Å². The number of hydrogen-bond acceptors (Lipinski definition) is 4. The molecule has 0 saturated carbocycles. The molecule has 0 aliphatic carbocycles. The average molecular weight is 333 g/mol. The second-order valence-corrected chi connectivity index (χ2v) is 5.73. The van der Waals surface area contributed by atoms with Crippen molar-refractivity contribution in [3.8, 4) is 11.1 Å². The molecular formula is C19H16FN5. The van der Waals surface area contributed by atoms with E-state index in [1.807, 2.05) is 30.3 Å². The van der Waals surface area contributed by atoms with Gasteiger partial charge in [0.1, 0.15) is 11.6 Å². The van der Waals surface area contributed by atoms with Gasteiger partial charge in [-0.15, -0.1) is 0 Å². The zero-order valence-corrected chi connectivity index (χ0v) is 13.4. The van der Waals surface area contributed by atoms with Crippen molar-refractivity contribution in [1.82, 2.24) is 14.6 Å². The van der Waals surface area contributed by atoms with E-state index < -0.39 is 0 Å². The van der Waals surface area contributed by atoms with Gasteiger partial charge in [0, 0.05) is 24.0 Å². The molecule has 0 bridgehead atoms. The minimum Gasteiger partial charge on any atom is -0.399 e. The summed E-state index contributed by atoms with van der Waals surface area (Å²) in [5, 5.41) is 7.76. The topological polar surface area (TPSA) is 68.2 Å². The van der Waals surface area contributed by atoms with Crippen LogP contribution in [0.5, 0.6) is 0 Å². The maximum absolute atomic E-state index is 13.0. The molecule has 0 saturated heterocycles. The van der Waals surface area contributed by atoms with Gasteiger partial charge < -0.3 is 11.1 Å². The minimum atomic E-state index is -0.240. The Bertz CT molecular complexity index is 1010. The second kappa shape index (κ2) is 6.24. The number of nitrogens with one attached hydrogen (secondary N) is 1. The number of benzene rings is 2. The lowest BCUT2D eigenvalue weighted by Crippen LogP contribution is -2.05. The Labute approximate surface area is 143 Å². The maximum atomic E-state index is 13.0. The second-order valence-electron chi connectivity index (χ2n) is 5.73. The minimum absolute atomic E-state index is 0.240. The van der Waals surface area contributed by atoms with Crippen molar-refractivity contribution >= 4 is 17.2 Å². The van der Waals surface area contributed by atoms with Crippen molar-refractivity contribution in [3.05, 3.63) is 78.4 Å². The van der Waals surface area contributed by atoms with Crippen molar-refractivity contribution in [3.63, 3.8) is 0 Å². The van der Waals surface area contributed by atoms with Crippen LogP contribution in [0.15, 0.2) is 67.0 Å². The molecule has 2 heterocycles. The van der Waals surface area contributed by atoms with E-state index in [1.165, 1.54) is 12.1 Å². The van der Waals surface area contributed by atoms with E-state index in [4.69, 9.17) is 5.73 Å². The molecule has 0 aliphatic heterocycles. The fourth-order valence-electron chi connectivity index (χ4n) is 2.69. The van der Waals surface area contributed by atoms with Crippen molar-refractivity contribution in [1.29, 1.82) is 0 Å². The molecule has 0 spiro atoms. The van der Waals surface area contributed by atoms with Crippen molar-refractivity contribution in [2.75, 3.05) is 11.1 Å². The van der Waals surface area contributed by atoms with Gasteiger partial charge in [-0.05, 0) is 41.5 Å². The van der Waals surface area contributed by atoms with E-state index in [-0.39, 0.29) is 5.82 Å². The summed E-state index contributed by atoms with van der Waals surface area (Å²) in [6.45, 7) is 0.566. The average Bonchev–Trinajstić information content (AvgIpc) is 3.07. The third-order valence-corrected chi connectivity index (χ3v) is 4.01. The molecule has 0 aliphatic rings. The molecule has 25 heavy (non-hydrogen) atoms. The Morgan fingerprint density at radius 3 is 2.52 bits per heavy atom. The Hall–Kier alpha value is -3.41. The van der Waals surface area contributed by atoms with E-state index in [0.717, 1.165) is 33.8 Å². The van der Waals surface area contributed by atoms with Crippen LogP contribution in [-0.2, 0) is 6.54 Å². The lowest BCUT2D eigenvalue weighted by atomic mass is 10.1. The Balaban J connectivity index is 1.64. The molecule has 0 radical (unpaired) electrons. The lowest BCUT2D eigenvalue weighted by molar-refractivity contribution is 0.627. The summed E-state index contributed by atoms with van der Waals surface area (Å²) in [7, 11) is 0. The summed E-state index contributed by atoms with van der Waals surface area (Å²) < 4.78 is 14.8. The Morgan fingerprint density at radius 2 is 1.76 bits per heavy atom. The van der Waals surface area contributed by atoms with E-state index in [1.54, 1.807) is 29.0 Å². The monoisotopic (exact) mass is 333 g/mol. The summed E-state index contributed by atoms with van der Waals surface area (Å²) in [5.74, 6) is 0.575. The summed E-state index contributed by atoms with van der Waals surface area (Å²) >= 11 is 0. The normalized spacial score (nSPS) is 10.9. The van der Waals surface area contributed by atoms with Crippen LogP contribution >= 0.6 is 0 Å². The van der Waals surface area contributed by atoms with E-state index >= 15 is 0 Å². The molecule has 124 valence electrons. The van der Waals surface area contributed by atoms with Gasteiger partial charge in [-0.1, -0.05) is 24.3 Å². The van der Waals surface area contributed by atoms with Crippen LogP contribution in [0.2, 0.25) is 0 Å². The first kappa shape index (κ1) is 15.1. The number of halogens is 1. The highest BCUT2D eigenvalue weighted by atomic mass is 19.1. The molecule has 0 atom stereocenters. The third-order valence-electron chi connectivity index (χ3n) is 4.01. The molecule has 2 aromatic carbocycles. The van der Waals surface area contributed by atoms with Gasteiger partial charge in [0.2, 0.25) is 0 Å². The molecule has 0 amide bonds. The number of hydrogen-bond donors (Lipinski definition) is 2. The summed E-state index contributed by atoms with van der Waals surface area (Å²) in [5.41, 5.74) is 10.2. The van der Waals surface area contributed by atoms with Crippen molar-refractivity contribution < 1.29 is 4.39 Å². The van der Waals surface area contributed by atoms with Gasteiger partial charge in [-0.25, -0.2) is 9.37 Å². The summed E-state index contributed by atoms with van der Waals surface area (Å²) in [6.07, 6.45) is 3.53. The fourth-order valence-corrected chi connectivity index (χ4v) is 2.69. The first-order valence-electron chi connectivity index (χ1n) is 7.88. The molecule has 4 aromatic rings. The van der Waals surface area contributed by atoms with Crippen LogP contribution in [0.25, 0.3) is 16.8 Å². The molecular weight excluding hydrogens is 317 g/mol. The molecule has 0 unspecified atom stereocenters. The van der Waals surface area contributed by atoms with Crippen LogP contribution in [0.1, 0.15) is 5.56 Å². The first-order chi connectivity index (χ1) is 12.2. The molecule has 0 fully saturated rings. The van der Waals surface area contributed by atoms with Gasteiger partial charge in [0.25, 0.3) is 0 Å². The highest BCUT2D eigenvalue weighted by Gasteiger charge is 2.10. The number of rotatable bonds is 4. The predicted molar refractivity (Wildman–Crippen MR) is 96.6 cm³/mol.